The first-order valence-corrected chi connectivity index (χ1v) is 12.2. The van der Waals surface area contributed by atoms with Crippen molar-refractivity contribution in [2.75, 3.05) is 18.2 Å². The van der Waals surface area contributed by atoms with Crippen molar-refractivity contribution in [2.45, 2.75) is 13.8 Å². The molecule has 1 amide bonds. The van der Waals surface area contributed by atoms with Crippen LogP contribution in [-0.2, 0) is 11.8 Å². The SMILES string of the molecule is C=C(C)C(=O)Nc1ccc(-c2c(-c3ccc(Oc4nccc(C)n4)c(OC)c3)c3c(N)ncnc3n2C)c(F)c1. The Kier molecular flexibility index (Phi) is 6.87. The summed E-state index contributed by atoms with van der Waals surface area (Å²) in [5.74, 6) is 0.0821. The Labute approximate surface area is 229 Å². The molecule has 11 heteroatoms. The summed E-state index contributed by atoms with van der Waals surface area (Å²) in [7, 11) is 3.29. The molecule has 0 aliphatic rings. The normalized spacial score (nSPS) is 10.9. The maximum absolute atomic E-state index is 15.7. The van der Waals surface area contributed by atoms with Crippen molar-refractivity contribution in [3.05, 3.63) is 78.7 Å². The number of carbonyl (C=O) groups excluding carboxylic acids is 1. The zero-order valence-electron chi connectivity index (χ0n) is 22.3. The number of aryl methyl sites for hydroxylation is 2. The van der Waals surface area contributed by atoms with Crippen LogP contribution < -0.4 is 20.5 Å². The minimum atomic E-state index is -0.554. The topological polar surface area (TPSA) is 130 Å². The van der Waals surface area contributed by atoms with Crippen molar-refractivity contribution in [3.8, 4) is 39.9 Å². The number of ether oxygens (including phenoxy) is 2. The number of aromatic nitrogens is 5. The van der Waals surface area contributed by atoms with Crippen molar-refractivity contribution < 1.29 is 18.7 Å². The van der Waals surface area contributed by atoms with Gasteiger partial charge in [-0.2, -0.15) is 0 Å². The Morgan fingerprint density at radius 3 is 2.60 bits per heavy atom. The van der Waals surface area contributed by atoms with Gasteiger partial charge in [-0.05, 0) is 55.8 Å². The van der Waals surface area contributed by atoms with E-state index in [4.69, 9.17) is 15.2 Å². The maximum Gasteiger partial charge on any atom is 0.322 e. The number of carbonyl (C=O) groups is 1. The van der Waals surface area contributed by atoms with E-state index in [2.05, 4.69) is 31.8 Å². The highest BCUT2D eigenvalue weighted by Crippen LogP contribution is 2.45. The van der Waals surface area contributed by atoms with Gasteiger partial charge in [-0.15, -0.1) is 0 Å². The predicted molar refractivity (Wildman–Crippen MR) is 151 cm³/mol. The molecule has 0 fully saturated rings. The van der Waals surface area contributed by atoms with Crippen LogP contribution in [0.1, 0.15) is 12.6 Å². The van der Waals surface area contributed by atoms with Crippen LogP contribution in [0, 0.1) is 12.7 Å². The smallest absolute Gasteiger partial charge is 0.322 e. The van der Waals surface area contributed by atoms with Crippen LogP contribution in [0.5, 0.6) is 17.5 Å². The number of methoxy groups -OCH3 is 1. The molecule has 202 valence electrons. The summed E-state index contributed by atoms with van der Waals surface area (Å²) < 4.78 is 28.9. The first-order valence-electron chi connectivity index (χ1n) is 12.2. The first-order chi connectivity index (χ1) is 19.2. The summed E-state index contributed by atoms with van der Waals surface area (Å²) >= 11 is 0. The molecule has 3 aromatic heterocycles. The Morgan fingerprint density at radius 2 is 1.90 bits per heavy atom. The number of nitrogens with zero attached hydrogens (tertiary/aromatic N) is 5. The molecule has 0 unspecified atom stereocenters. The lowest BCUT2D eigenvalue weighted by Crippen LogP contribution is -2.12. The number of fused-ring (bicyclic) bond motifs is 1. The van der Waals surface area contributed by atoms with Crippen LogP contribution in [-0.4, -0.2) is 37.5 Å². The standard InChI is InChI=1S/C29H26FN7O3/c1-15(2)28(38)36-18-7-8-19(20(30)13-18)25-23(24-26(31)33-14-34-27(24)37(25)4)17-6-9-21(22(12-17)39-5)40-29-32-11-10-16(3)35-29/h6-14H,1H2,2-5H3,(H,36,38)(H2,31,33,34). The van der Waals surface area contributed by atoms with Gasteiger partial charge in [-0.3, -0.25) is 4.79 Å². The third-order valence-electron chi connectivity index (χ3n) is 6.29. The highest BCUT2D eigenvalue weighted by atomic mass is 19.1. The van der Waals surface area contributed by atoms with E-state index in [0.29, 0.717) is 50.6 Å². The van der Waals surface area contributed by atoms with E-state index >= 15 is 4.39 Å². The van der Waals surface area contributed by atoms with Crippen LogP contribution in [0.2, 0.25) is 0 Å². The lowest BCUT2D eigenvalue weighted by Gasteiger charge is -2.14. The van der Waals surface area contributed by atoms with Gasteiger partial charge in [0.05, 0.1) is 18.2 Å². The van der Waals surface area contributed by atoms with Crippen LogP contribution in [0.25, 0.3) is 33.4 Å². The quantitative estimate of drug-likeness (QED) is 0.262. The van der Waals surface area contributed by atoms with Crippen LogP contribution in [0.4, 0.5) is 15.9 Å². The average Bonchev–Trinajstić information content (AvgIpc) is 3.22. The molecule has 0 saturated heterocycles. The Morgan fingerprint density at radius 1 is 1.10 bits per heavy atom. The van der Waals surface area contributed by atoms with Gasteiger partial charge in [0.15, 0.2) is 11.5 Å². The molecule has 0 atom stereocenters. The van der Waals surface area contributed by atoms with Crippen LogP contribution in [0.15, 0.2) is 67.1 Å². The van der Waals surface area contributed by atoms with Crippen LogP contribution in [0.3, 0.4) is 0 Å². The number of hydrogen-bond acceptors (Lipinski definition) is 8. The zero-order valence-corrected chi connectivity index (χ0v) is 22.3. The number of hydrogen-bond donors (Lipinski definition) is 2. The number of amides is 1. The summed E-state index contributed by atoms with van der Waals surface area (Å²) in [5.41, 5.74) is 10.3. The van der Waals surface area contributed by atoms with Crippen LogP contribution >= 0.6 is 0 Å². The third-order valence-corrected chi connectivity index (χ3v) is 6.29. The van der Waals surface area contributed by atoms with Crippen molar-refractivity contribution in [3.63, 3.8) is 0 Å². The predicted octanol–water partition coefficient (Wildman–Crippen LogP) is 5.44. The Bertz CT molecular complexity index is 1800. The molecule has 10 nitrogen and oxygen atoms in total. The van der Waals surface area contributed by atoms with E-state index in [-0.39, 0.29) is 17.4 Å². The summed E-state index contributed by atoms with van der Waals surface area (Å²) in [4.78, 5) is 29.1. The number of nitrogens with one attached hydrogen (secondary N) is 1. The van der Waals surface area contributed by atoms with E-state index in [1.807, 2.05) is 6.92 Å². The summed E-state index contributed by atoms with van der Waals surface area (Å²) in [6.45, 7) is 7.03. The number of anilines is 2. The van der Waals surface area contributed by atoms with E-state index in [0.717, 1.165) is 5.69 Å². The summed E-state index contributed by atoms with van der Waals surface area (Å²) in [6, 6.07) is 11.7. The van der Waals surface area contributed by atoms with E-state index in [9.17, 15) is 4.79 Å². The van der Waals surface area contributed by atoms with Gasteiger partial charge in [0.1, 0.15) is 23.6 Å². The lowest BCUT2D eigenvalue weighted by atomic mass is 9.98. The van der Waals surface area contributed by atoms with E-state index in [1.165, 1.54) is 19.5 Å². The molecular weight excluding hydrogens is 513 g/mol. The minimum absolute atomic E-state index is 0.176. The van der Waals surface area contributed by atoms with Gasteiger partial charge in [0.2, 0.25) is 0 Å². The van der Waals surface area contributed by atoms with Crippen molar-refractivity contribution in [1.29, 1.82) is 0 Å². The molecular formula is C29H26FN7O3. The average molecular weight is 540 g/mol. The molecule has 0 aliphatic carbocycles. The monoisotopic (exact) mass is 539 g/mol. The molecule has 0 bridgehead atoms. The fraction of sp³-hybridized carbons (Fsp3) is 0.138. The van der Waals surface area contributed by atoms with Gasteiger partial charge in [-0.1, -0.05) is 12.6 Å². The summed E-state index contributed by atoms with van der Waals surface area (Å²) in [5, 5.41) is 3.19. The van der Waals surface area contributed by atoms with Gasteiger partial charge >= 0.3 is 6.01 Å². The number of nitrogens with two attached hydrogens (primary N) is 1. The van der Waals surface area contributed by atoms with E-state index < -0.39 is 11.7 Å². The molecule has 5 rings (SSSR count). The van der Waals surface area contributed by atoms with Gasteiger partial charge in [0, 0.05) is 41.3 Å². The molecule has 2 aromatic carbocycles. The fourth-order valence-electron chi connectivity index (χ4n) is 4.38. The first kappa shape index (κ1) is 26.3. The molecule has 3 N–H and O–H groups in total. The Hall–Kier alpha value is -5.32. The third kappa shape index (κ3) is 4.80. The number of halogens is 1. The van der Waals surface area contributed by atoms with Crippen molar-refractivity contribution in [1.82, 2.24) is 24.5 Å². The molecule has 0 radical (unpaired) electrons. The lowest BCUT2D eigenvalue weighted by molar-refractivity contribution is -0.112. The molecule has 40 heavy (non-hydrogen) atoms. The van der Waals surface area contributed by atoms with Gasteiger partial charge in [0.25, 0.3) is 5.91 Å². The minimum Gasteiger partial charge on any atom is -0.493 e. The molecule has 5 aromatic rings. The number of benzene rings is 2. The Balaban J connectivity index is 1.67. The van der Waals surface area contributed by atoms with Crippen molar-refractivity contribution >= 4 is 28.4 Å². The fourth-order valence-corrected chi connectivity index (χ4v) is 4.38. The molecule has 3 heterocycles. The van der Waals surface area contributed by atoms with Crippen molar-refractivity contribution in [2.24, 2.45) is 7.05 Å². The number of rotatable bonds is 7. The van der Waals surface area contributed by atoms with Gasteiger partial charge < -0.3 is 25.1 Å². The van der Waals surface area contributed by atoms with Gasteiger partial charge in [-0.25, -0.2) is 24.3 Å². The summed E-state index contributed by atoms with van der Waals surface area (Å²) in [6.07, 6.45) is 2.96. The highest BCUT2D eigenvalue weighted by Gasteiger charge is 2.25. The largest absolute Gasteiger partial charge is 0.493 e. The van der Waals surface area contributed by atoms with E-state index in [1.54, 1.807) is 61.1 Å². The maximum atomic E-state index is 15.7. The molecule has 0 saturated carbocycles. The zero-order chi connectivity index (χ0) is 28.6. The second-order valence-electron chi connectivity index (χ2n) is 9.12. The second kappa shape index (κ2) is 10.4. The highest BCUT2D eigenvalue weighted by molar-refractivity contribution is 6.08. The number of nitrogen functional groups attached to an aromatic ring is 1. The molecule has 0 aliphatic heterocycles. The second-order valence-corrected chi connectivity index (χ2v) is 9.12. The molecule has 0 spiro atoms.